The summed E-state index contributed by atoms with van der Waals surface area (Å²) in [4.78, 5) is 2.60. The maximum absolute atomic E-state index is 5.33. The quantitative estimate of drug-likeness (QED) is 0.870. The van der Waals surface area contributed by atoms with Crippen LogP contribution in [0.5, 0.6) is 5.75 Å². The normalized spacial score (nSPS) is 18.0. The van der Waals surface area contributed by atoms with Crippen molar-refractivity contribution in [2.45, 2.75) is 32.2 Å². The molecule has 1 unspecified atom stereocenters. The van der Waals surface area contributed by atoms with Crippen molar-refractivity contribution in [1.82, 2.24) is 10.2 Å². The lowest BCUT2D eigenvalue weighted by molar-refractivity contribution is 0.137. The van der Waals surface area contributed by atoms with E-state index in [0.717, 1.165) is 18.2 Å². The molecule has 0 spiro atoms. The summed E-state index contributed by atoms with van der Waals surface area (Å²) in [5.74, 6) is 1.86. The van der Waals surface area contributed by atoms with Gasteiger partial charge in [-0.3, -0.25) is 4.90 Å². The van der Waals surface area contributed by atoms with Gasteiger partial charge in [-0.1, -0.05) is 12.1 Å². The smallest absolute Gasteiger partial charge is 0.119 e. The number of nitrogens with one attached hydrogen (secondary N) is 1. The molecule has 1 aromatic rings. The van der Waals surface area contributed by atoms with Gasteiger partial charge in [-0.25, -0.2) is 0 Å². The maximum atomic E-state index is 5.33. The van der Waals surface area contributed by atoms with Gasteiger partial charge in [-0.2, -0.15) is 0 Å². The minimum absolute atomic E-state index is 0. The predicted molar refractivity (Wildman–Crippen MR) is 91.5 cm³/mol. The molecule has 0 amide bonds. The predicted octanol–water partition coefficient (Wildman–Crippen LogP) is 3.50. The molecule has 3 nitrogen and oxygen atoms in total. The van der Waals surface area contributed by atoms with Gasteiger partial charge < -0.3 is 10.1 Å². The molecular formula is C17H29ClN2O. The summed E-state index contributed by atoms with van der Waals surface area (Å²) in [6.45, 7) is 5.89. The first-order valence-corrected chi connectivity index (χ1v) is 7.77. The Morgan fingerprint density at radius 3 is 2.67 bits per heavy atom. The lowest BCUT2D eigenvalue weighted by Gasteiger charge is -2.36. The average Bonchev–Trinajstić information content (AvgIpc) is 2.52. The number of benzene rings is 1. The fourth-order valence-electron chi connectivity index (χ4n) is 3.09. The van der Waals surface area contributed by atoms with Crippen molar-refractivity contribution in [1.29, 1.82) is 0 Å². The highest BCUT2D eigenvalue weighted by atomic mass is 35.5. The molecule has 1 atom stereocenters. The highest BCUT2D eigenvalue weighted by Crippen LogP contribution is 2.29. The van der Waals surface area contributed by atoms with Gasteiger partial charge in [0.2, 0.25) is 0 Å². The van der Waals surface area contributed by atoms with E-state index in [0.29, 0.717) is 6.04 Å². The van der Waals surface area contributed by atoms with Gasteiger partial charge in [-0.05, 0) is 76.5 Å². The highest BCUT2D eigenvalue weighted by molar-refractivity contribution is 5.85. The summed E-state index contributed by atoms with van der Waals surface area (Å²) in [5, 5.41) is 3.26. The van der Waals surface area contributed by atoms with E-state index in [4.69, 9.17) is 4.74 Å². The Labute approximate surface area is 135 Å². The topological polar surface area (TPSA) is 24.5 Å². The summed E-state index contributed by atoms with van der Waals surface area (Å²) in [6, 6.07) is 8.96. The third-order valence-electron chi connectivity index (χ3n) is 4.58. The third-order valence-corrected chi connectivity index (χ3v) is 4.58. The number of hydrogen-bond donors (Lipinski definition) is 1. The average molecular weight is 313 g/mol. The molecule has 0 saturated carbocycles. The van der Waals surface area contributed by atoms with Gasteiger partial charge in [0, 0.05) is 6.04 Å². The van der Waals surface area contributed by atoms with E-state index in [1.165, 1.54) is 37.9 Å². The van der Waals surface area contributed by atoms with Gasteiger partial charge in [-0.15, -0.1) is 12.4 Å². The largest absolute Gasteiger partial charge is 0.497 e. The molecule has 0 aromatic heterocycles. The van der Waals surface area contributed by atoms with E-state index in [-0.39, 0.29) is 12.4 Å². The van der Waals surface area contributed by atoms with Gasteiger partial charge in [0.1, 0.15) is 5.75 Å². The molecule has 1 aromatic carbocycles. The number of likely N-dealkylation sites (tertiary alicyclic amines) is 1. The molecule has 1 saturated heterocycles. The molecule has 120 valence electrons. The minimum Gasteiger partial charge on any atom is -0.497 e. The number of hydrogen-bond acceptors (Lipinski definition) is 3. The number of ether oxygens (including phenoxy) is 1. The Bertz CT molecular complexity index is 406. The van der Waals surface area contributed by atoms with Crippen molar-refractivity contribution in [2.24, 2.45) is 5.92 Å². The van der Waals surface area contributed by atoms with Gasteiger partial charge in [0.25, 0.3) is 0 Å². The minimum atomic E-state index is 0. The molecule has 1 N–H and O–H groups in total. The van der Waals surface area contributed by atoms with E-state index < -0.39 is 0 Å². The molecule has 1 fully saturated rings. The molecule has 0 bridgehead atoms. The summed E-state index contributed by atoms with van der Waals surface area (Å²) in [5.41, 5.74) is 1.36. The lowest BCUT2D eigenvalue weighted by Crippen LogP contribution is -2.36. The van der Waals surface area contributed by atoms with Crippen LogP contribution in [0.25, 0.3) is 0 Å². The second-order valence-electron chi connectivity index (χ2n) is 5.82. The number of piperidine rings is 1. The number of nitrogens with zero attached hydrogens (tertiary/aromatic N) is 1. The van der Waals surface area contributed by atoms with Gasteiger partial charge >= 0.3 is 0 Å². The number of halogens is 1. The second-order valence-corrected chi connectivity index (χ2v) is 5.82. The SMILES string of the molecule is CNCCC1CCN(C(C)c2cccc(OC)c2)CC1.Cl. The van der Waals surface area contributed by atoms with Gasteiger partial charge in [0.15, 0.2) is 0 Å². The molecule has 0 radical (unpaired) electrons. The molecule has 2 rings (SSSR count). The standard InChI is InChI=1S/C17H28N2O.ClH/c1-14(16-5-4-6-17(13-16)20-3)19-11-8-15(9-12-19)7-10-18-2;/h4-6,13-15,18H,7-12H2,1-3H3;1H. The van der Waals surface area contributed by atoms with Crippen molar-refractivity contribution in [3.05, 3.63) is 29.8 Å². The Morgan fingerprint density at radius 1 is 1.33 bits per heavy atom. The highest BCUT2D eigenvalue weighted by Gasteiger charge is 2.23. The van der Waals surface area contributed by atoms with Crippen LogP contribution in [0.2, 0.25) is 0 Å². The van der Waals surface area contributed by atoms with Crippen LogP contribution in [0.1, 0.15) is 37.8 Å². The first kappa shape index (κ1) is 18.3. The van der Waals surface area contributed by atoms with Crippen LogP contribution in [-0.4, -0.2) is 38.7 Å². The molecule has 0 aliphatic carbocycles. The van der Waals surface area contributed by atoms with E-state index in [9.17, 15) is 0 Å². The molecular weight excluding hydrogens is 284 g/mol. The van der Waals surface area contributed by atoms with Crippen molar-refractivity contribution in [3.8, 4) is 5.75 Å². The van der Waals surface area contributed by atoms with Crippen molar-refractivity contribution < 1.29 is 4.74 Å². The van der Waals surface area contributed by atoms with Crippen molar-refractivity contribution in [3.63, 3.8) is 0 Å². The molecule has 4 heteroatoms. The zero-order valence-corrected chi connectivity index (χ0v) is 14.3. The Kier molecular flexibility index (Phi) is 8.09. The Morgan fingerprint density at radius 2 is 2.05 bits per heavy atom. The van der Waals surface area contributed by atoms with Crippen LogP contribution in [-0.2, 0) is 0 Å². The summed E-state index contributed by atoms with van der Waals surface area (Å²) >= 11 is 0. The Hall–Kier alpha value is -0.770. The van der Waals surface area contributed by atoms with Crippen LogP contribution in [0.4, 0.5) is 0 Å². The van der Waals surface area contributed by atoms with Crippen LogP contribution in [0.15, 0.2) is 24.3 Å². The fraction of sp³-hybridized carbons (Fsp3) is 0.647. The number of rotatable bonds is 6. The van der Waals surface area contributed by atoms with E-state index in [1.54, 1.807) is 7.11 Å². The second kappa shape index (κ2) is 9.29. The van der Waals surface area contributed by atoms with Gasteiger partial charge in [0.05, 0.1) is 7.11 Å². The summed E-state index contributed by atoms with van der Waals surface area (Å²) < 4.78 is 5.33. The zero-order chi connectivity index (χ0) is 14.4. The molecule has 1 heterocycles. The van der Waals surface area contributed by atoms with E-state index >= 15 is 0 Å². The molecule has 21 heavy (non-hydrogen) atoms. The van der Waals surface area contributed by atoms with E-state index in [1.807, 2.05) is 13.1 Å². The Balaban J connectivity index is 0.00000220. The first-order valence-electron chi connectivity index (χ1n) is 7.77. The molecule has 1 aliphatic heterocycles. The van der Waals surface area contributed by atoms with Crippen molar-refractivity contribution >= 4 is 12.4 Å². The summed E-state index contributed by atoms with van der Waals surface area (Å²) in [7, 11) is 3.77. The van der Waals surface area contributed by atoms with Crippen LogP contribution >= 0.6 is 12.4 Å². The van der Waals surface area contributed by atoms with Crippen LogP contribution in [0.3, 0.4) is 0 Å². The zero-order valence-electron chi connectivity index (χ0n) is 13.5. The maximum Gasteiger partial charge on any atom is 0.119 e. The number of methoxy groups -OCH3 is 1. The fourth-order valence-corrected chi connectivity index (χ4v) is 3.09. The third kappa shape index (κ3) is 5.17. The molecule has 1 aliphatic rings. The van der Waals surface area contributed by atoms with E-state index in [2.05, 4.69) is 35.3 Å². The van der Waals surface area contributed by atoms with Crippen molar-refractivity contribution in [2.75, 3.05) is 33.8 Å². The first-order chi connectivity index (χ1) is 9.74. The monoisotopic (exact) mass is 312 g/mol. The van der Waals surface area contributed by atoms with Crippen LogP contribution < -0.4 is 10.1 Å². The van der Waals surface area contributed by atoms with Crippen LogP contribution in [0, 0.1) is 5.92 Å². The lowest BCUT2D eigenvalue weighted by atomic mass is 9.92. The summed E-state index contributed by atoms with van der Waals surface area (Å²) in [6.07, 6.45) is 3.98.